The summed E-state index contributed by atoms with van der Waals surface area (Å²) in [5.41, 5.74) is 1.22. The minimum Gasteiger partial charge on any atom is -0.444 e. The van der Waals surface area contributed by atoms with Gasteiger partial charge in [0.15, 0.2) is 5.65 Å². The van der Waals surface area contributed by atoms with E-state index in [1.54, 1.807) is 33.8 Å². The van der Waals surface area contributed by atoms with Gasteiger partial charge in [-0.1, -0.05) is 17.7 Å². The molecule has 13 heteroatoms. The zero-order valence-corrected chi connectivity index (χ0v) is 22.5. The maximum Gasteiger partial charge on any atom is 0.410 e. The molecule has 0 aliphatic carbocycles. The second kappa shape index (κ2) is 10.4. The molecular weight excluding hydrogens is 524 g/mol. The first-order chi connectivity index (χ1) is 18.6. The minimum absolute atomic E-state index is 0.0676. The van der Waals surface area contributed by atoms with Crippen LogP contribution in [0.3, 0.4) is 0 Å². The zero-order valence-electron chi connectivity index (χ0n) is 21.7. The lowest BCUT2D eigenvalue weighted by Crippen LogP contribution is -2.42. The van der Waals surface area contributed by atoms with Crippen LogP contribution in [-0.4, -0.2) is 62.3 Å². The highest BCUT2D eigenvalue weighted by Gasteiger charge is 2.32. The van der Waals surface area contributed by atoms with Crippen LogP contribution in [0, 0.1) is 0 Å². The van der Waals surface area contributed by atoms with Gasteiger partial charge in [-0.2, -0.15) is 9.61 Å². The fourth-order valence-corrected chi connectivity index (χ4v) is 4.65. The third-order valence-electron chi connectivity index (χ3n) is 6.14. The number of nitrogens with zero attached hydrogens (tertiary/aromatic N) is 4. The highest BCUT2D eigenvalue weighted by molar-refractivity contribution is 6.30. The Balaban J connectivity index is 1.45. The number of hydrogen-bond acceptors (Lipinski definition) is 8. The number of ether oxygens (including phenoxy) is 1. The number of aromatic nitrogens is 3. The zero-order chi connectivity index (χ0) is 27.7. The van der Waals surface area contributed by atoms with Gasteiger partial charge in [0.05, 0.1) is 12.2 Å². The number of nitrogens with one attached hydrogen (secondary N) is 4. The van der Waals surface area contributed by atoms with Crippen molar-refractivity contribution in [2.45, 2.75) is 45.3 Å². The largest absolute Gasteiger partial charge is 0.444 e. The molecule has 2 aliphatic rings. The summed E-state index contributed by atoms with van der Waals surface area (Å²) in [4.78, 5) is 42.9. The summed E-state index contributed by atoms with van der Waals surface area (Å²) >= 11 is 6.16. The van der Waals surface area contributed by atoms with Gasteiger partial charge in [-0.25, -0.2) is 14.6 Å². The monoisotopic (exact) mass is 552 g/mol. The molecule has 4 heterocycles. The molecule has 1 atom stereocenters. The van der Waals surface area contributed by atoms with Crippen LogP contribution in [0.2, 0.25) is 5.02 Å². The van der Waals surface area contributed by atoms with Crippen LogP contribution in [0.25, 0.3) is 11.7 Å². The van der Waals surface area contributed by atoms with Gasteiger partial charge in [-0.15, -0.1) is 0 Å². The fourth-order valence-electron chi connectivity index (χ4n) is 4.45. The summed E-state index contributed by atoms with van der Waals surface area (Å²) < 4.78 is 7.20. The molecule has 5 rings (SSSR count). The average molecular weight is 553 g/mol. The molecule has 0 spiro atoms. The molecule has 204 valence electrons. The summed E-state index contributed by atoms with van der Waals surface area (Å²) in [6.07, 6.45) is 4.46. The Morgan fingerprint density at radius 2 is 2.08 bits per heavy atom. The van der Waals surface area contributed by atoms with Crippen molar-refractivity contribution >= 4 is 58.7 Å². The normalized spacial score (nSPS) is 18.4. The first-order valence-corrected chi connectivity index (χ1v) is 12.9. The van der Waals surface area contributed by atoms with E-state index in [1.165, 1.54) is 6.08 Å². The molecule has 39 heavy (non-hydrogen) atoms. The quantitative estimate of drug-likeness (QED) is 0.264. The van der Waals surface area contributed by atoms with Crippen LogP contribution in [-0.2, 0) is 9.53 Å². The van der Waals surface area contributed by atoms with Gasteiger partial charge in [0, 0.05) is 35.4 Å². The van der Waals surface area contributed by atoms with Gasteiger partial charge in [-0.3, -0.25) is 10.1 Å². The minimum atomic E-state index is -0.590. The molecule has 4 N–H and O–H groups in total. The number of urea groups is 1. The molecule has 4 amide bonds. The summed E-state index contributed by atoms with van der Waals surface area (Å²) in [5.74, 6) is 0.585. The number of anilines is 3. The number of imide groups is 1. The van der Waals surface area contributed by atoms with E-state index in [9.17, 15) is 14.4 Å². The van der Waals surface area contributed by atoms with Crippen molar-refractivity contribution < 1.29 is 19.1 Å². The third kappa shape index (κ3) is 6.06. The highest BCUT2D eigenvalue weighted by Crippen LogP contribution is 2.26. The van der Waals surface area contributed by atoms with Crippen molar-refractivity contribution in [2.75, 3.05) is 23.7 Å². The van der Waals surface area contributed by atoms with Gasteiger partial charge in [0.25, 0.3) is 5.91 Å². The molecule has 2 aliphatic heterocycles. The molecule has 0 saturated carbocycles. The lowest BCUT2D eigenvalue weighted by molar-refractivity contribution is -0.115. The lowest BCUT2D eigenvalue weighted by Gasteiger charge is -2.29. The molecule has 1 unspecified atom stereocenters. The van der Waals surface area contributed by atoms with Crippen molar-refractivity contribution in [3.63, 3.8) is 0 Å². The van der Waals surface area contributed by atoms with Gasteiger partial charge >= 0.3 is 12.1 Å². The van der Waals surface area contributed by atoms with Gasteiger partial charge < -0.3 is 25.6 Å². The van der Waals surface area contributed by atoms with E-state index in [-0.39, 0.29) is 17.8 Å². The Hall–Kier alpha value is -4.32. The SMILES string of the molecule is CC(C)(C)OC(=O)N1CCCC1CNc1cc(Nc2cccc(Cl)c2)nc2c(C=C3NC(=O)NC3=O)cnn12. The molecule has 3 aromatic rings. The summed E-state index contributed by atoms with van der Waals surface area (Å²) in [6, 6.07) is 8.37. The third-order valence-corrected chi connectivity index (χ3v) is 6.37. The van der Waals surface area contributed by atoms with E-state index in [0.29, 0.717) is 41.0 Å². The summed E-state index contributed by atoms with van der Waals surface area (Å²) in [6.45, 7) is 6.64. The van der Waals surface area contributed by atoms with Gasteiger partial charge in [0.2, 0.25) is 0 Å². The molecular formula is C26H29ClN8O4. The standard InChI is InChI=1S/C26H29ClN8O4/c1-26(2,3)39-25(38)34-9-5-8-18(34)14-28-21-12-20(30-17-7-4-6-16(27)11-17)32-22-15(13-29-35(21)22)10-19-23(36)33-24(37)31-19/h4,6-7,10-13,18,28H,5,8-9,14H2,1-3H3,(H,30,32)(H2,31,33,36,37). The summed E-state index contributed by atoms with van der Waals surface area (Å²) in [7, 11) is 0. The van der Waals surface area contributed by atoms with Crippen LogP contribution >= 0.6 is 11.6 Å². The Morgan fingerprint density at radius 1 is 1.26 bits per heavy atom. The second-order valence-corrected chi connectivity index (χ2v) is 10.8. The van der Waals surface area contributed by atoms with Crippen molar-refractivity contribution in [3.8, 4) is 0 Å². The van der Waals surface area contributed by atoms with Crippen molar-refractivity contribution in [1.29, 1.82) is 0 Å². The highest BCUT2D eigenvalue weighted by atomic mass is 35.5. The topological polar surface area (TPSA) is 142 Å². The fraction of sp³-hybridized carbons (Fsp3) is 0.346. The van der Waals surface area contributed by atoms with Crippen LogP contribution in [0.4, 0.5) is 26.9 Å². The van der Waals surface area contributed by atoms with Crippen molar-refractivity contribution in [2.24, 2.45) is 0 Å². The lowest BCUT2D eigenvalue weighted by atomic mass is 10.2. The first-order valence-electron chi connectivity index (χ1n) is 12.5. The van der Waals surface area contributed by atoms with Crippen LogP contribution in [0.5, 0.6) is 0 Å². The van der Waals surface area contributed by atoms with E-state index < -0.39 is 17.5 Å². The van der Waals surface area contributed by atoms with Crippen molar-refractivity contribution in [3.05, 3.63) is 52.8 Å². The van der Waals surface area contributed by atoms with Crippen LogP contribution < -0.4 is 21.3 Å². The Bertz CT molecular complexity index is 1480. The Labute approximate surface area is 229 Å². The molecule has 12 nitrogen and oxygen atoms in total. The van der Waals surface area contributed by atoms with E-state index in [2.05, 4.69) is 26.4 Å². The number of likely N-dealkylation sites (tertiary alicyclic amines) is 1. The molecule has 1 aromatic carbocycles. The number of hydrogen-bond donors (Lipinski definition) is 4. The maximum atomic E-state index is 12.8. The number of carbonyl (C=O) groups is 3. The van der Waals surface area contributed by atoms with E-state index in [0.717, 1.165) is 18.5 Å². The van der Waals surface area contributed by atoms with E-state index in [1.807, 2.05) is 32.9 Å². The van der Waals surface area contributed by atoms with Crippen molar-refractivity contribution in [1.82, 2.24) is 30.1 Å². The predicted octanol–water partition coefficient (Wildman–Crippen LogP) is 4.12. The van der Waals surface area contributed by atoms with Crippen LogP contribution in [0.15, 0.2) is 42.2 Å². The molecule has 0 radical (unpaired) electrons. The number of benzene rings is 1. The maximum absolute atomic E-state index is 12.8. The first kappa shape index (κ1) is 26.3. The summed E-state index contributed by atoms with van der Waals surface area (Å²) in [5, 5.41) is 16.4. The predicted molar refractivity (Wildman–Crippen MR) is 147 cm³/mol. The Kier molecular flexibility index (Phi) is 7.04. The van der Waals surface area contributed by atoms with E-state index >= 15 is 0 Å². The van der Waals surface area contributed by atoms with E-state index in [4.69, 9.17) is 21.3 Å². The average Bonchev–Trinajstić information content (AvgIpc) is 3.56. The van der Waals surface area contributed by atoms with Crippen LogP contribution in [0.1, 0.15) is 39.2 Å². The number of halogens is 1. The number of carbonyl (C=O) groups excluding carboxylic acids is 3. The Morgan fingerprint density at radius 3 is 2.79 bits per heavy atom. The smallest absolute Gasteiger partial charge is 0.410 e. The number of fused-ring (bicyclic) bond motifs is 1. The molecule has 0 bridgehead atoms. The number of amides is 4. The second-order valence-electron chi connectivity index (χ2n) is 10.3. The molecule has 2 aromatic heterocycles. The van der Waals surface area contributed by atoms with Gasteiger partial charge in [-0.05, 0) is 57.9 Å². The molecule has 2 saturated heterocycles. The molecule has 2 fully saturated rings. The van der Waals surface area contributed by atoms with Gasteiger partial charge in [0.1, 0.15) is 22.9 Å². The number of rotatable bonds is 6.